The summed E-state index contributed by atoms with van der Waals surface area (Å²) in [5.74, 6) is 0. The lowest BCUT2D eigenvalue weighted by molar-refractivity contribution is 1.42. The van der Waals surface area contributed by atoms with Crippen LogP contribution in [-0.4, -0.2) is 0 Å². The largest absolute Gasteiger partial charge is 0.192 e. The van der Waals surface area contributed by atoms with Crippen LogP contribution in [0.5, 0.6) is 0 Å². The fourth-order valence-electron chi connectivity index (χ4n) is 2.64. The molecule has 0 aromatic heterocycles. The molecule has 0 unspecified atom stereocenters. The molecular formula is C20H10N4. The van der Waals surface area contributed by atoms with Gasteiger partial charge in [-0.3, -0.25) is 0 Å². The van der Waals surface area contributed by atoms with E-state index in [0.717, 1.165) is 0 Å². The second-order valence-corrected chi connectivity index (χ2v) is 4.79. The van der Waals surface area contributed by atoms with Gasteiger partial charge in [0.1, 0.15) is 35.4 Å². The summed E-state index contributed by atoms with van der Waals surface area (Å²) in [6.45, 7) is 7.63. The maximum absolute atomic E-state index is 9.31. The van der Waals surface area contributed by atoms with Crippen LogP contribution in [0.4, 0.5) is 0 Å². The second-order valence-electron chi connectivity index (χ2n) is 4.79. The van der Waals surface area contributed by atoms with Gasteiger partial charge in [-0.2, -0.15) is 21.0 Å². The fraction of sp³-hybridized carbons (Fsp3) is 0. The molecule has 4 heteroatoms. The SMILES string of the molecule is C=C/C=c1\c(=C)c(=C(C#N)C#N)c2ccccc2c1=C(C#N)C#N. The number of benzene rings is 2. The normalized spacial score (nSPS) is 10.1. The van der Waals surface area contributed by atoms with E-state index < -0.39 is 0 Å². The number of rotatable bonds is 1. The molecule has 0 N–H and O–H groups in total. The highest BCUT2D eigenvalue weighted by Gasteiger charge is 2.09. The zero-order chi connectivity index (χ0) is 17.7. The molecule has 0 fully saturated rings. The Labute approximate surface area is 138 Å². The van der Waals surface area contributed by atoms with Crippen LogP contribution in [0.2, 0.25) is 0 Å². The van der Waals surface area contributed by atoms with Crippen LogP contribution in [0.3, 0.4) is 0 Å². The predicted molar refractivity (Wildman–Crippen MR) is 91.9 cm³/mol. The van der Waals surface area contributed by atoms with Crippen molar-refractivity contribution in [1.29, 1.82) is 21.0 Å². The van der Waals surface area contributed by atoms with E-state index in [0.29, 0.717) is 31.6 Å². The van der Waals surface area contributed by atoms with Crippen molar-refractivity contribution in [3.63, 3.8) is 0 Å². The van der Waals surface area contributed by atoms with Crippen LogP contribution in [-0.2, 0) is 0 Å². The second kappa shape index (κ2) is 6.76. The molecule has 2 aromatic carbocycles. The van der Waals surface area contributed by atoms with Gasteiger partial charge in [0.25, 0.3) is 0 Å². The predicted octanol–water partition coefficient (Wildman–Crippen LogP) is 0.612. The minimum atomic E-state index is -0.0723. The van der Waals surface area contributed by atoms with Gasteiger partial charge >= 0.3 is 0 Å². The van der Waals surface area contributed by atoms with E-state index in [1.807, 2.05) is 24.3 Å². The summed E-state index contributed by atoms with van der Waals surface area (Å²) in [4.78, 5) is 0. The number of nitriles is 4. The third kappa shape index (κ3) is 2.42. The first kappa shape index (κ1) is 16.3. The van der Waals surface area contributed by atoms with Gasteiger partial charge in [0.05, 0.1) is 0 Å². The van der Waals surface area contributed by atoms with Crippen molar-refractivity contribution < 1.29 is 0 Å². The molecule has 0 saturated heterocycles. The minimum absolute atomic E-state index is 0.0637. The highest BCUT2D eigenvalue weighted by atomic mass is 14.3. The third-order valence-electron chi connectivity index (χ3n) is 3.59. The first-order chi connectivity index (χ1) is 11.6. The molecular weight excluding hydrogens is 296 g/mol. The van der Waals surface area contributed by atoms with Crippen molar-refractivity contribution in [2.24, 2.45) is 0 Å². The summed E-state index contributed by atoms with van der Waals surface area (Å²) in [7, 11) is 0. The molecule has 0 aliphatic rings. The first-order valence-electron chi connectivity index (χ1n) is 6.86. The van der Waals surface area contributed by atoms with Gasteiger partial charge in [0.2, 0.25) is 0 Å². The van der Waals surface area contributed by atoms with Crippen LogP contribution < -0.4 is 20.9 Å². The lowest BCUT2D eigenvalue weighted by Gasteiger charge is -2.04. The average molecular weight is 306 g/mol. The molecule has 24 heavy (non-hydrogen) atoms. The zero-order valence-electron chi connectivity index (χ0n) is 12.7. The molecule has 0 bridgehead atoms. The summed E-state index contributed by atoms with van der Waals surface area (Å²) in [5.41, 5.74) is -0.136. The Hall–Kier alpha value is -4.12. The van der Waals surface area contributed by atoms with Gasteiger partial charge in [-0.1, -0.05) is 49.6 Å². The molecule has 0 radical (unpaired) electrons. The summed E-state index contributed by atoms with van der Waals surface area (Å²) >= 11 is 0. The number of nitrogens with zero attached hydrogens (tertiary/aromatic N) is 4. The highest BCUT2D eigenvalue weighted by molar-refractivity contribution is 5.92. The van der Waals surface area contributed by atoms with E-state index in [4.69, 9.17) is 0 Å². The summed E-state index contributed by atoms with van der Waals surface area (Å²) in [6, 6.07) is 14.6. The summed E-state index contributed by atoms with van der Waals surface area (Å²) < 4.78 is 0. The minimum Gasteiger partial charge on any atom is -0.192 e. The van der Waals surface area contributed by atoms with Crippen LogP contribution in [0, 0.1) is 45.3 Å². The van der Waals surface area contributed by atoms with Crippen LogP contribution in [0.25, 0.3) is 34.6 Å². The van der Waals surface area contributed by atoms with Crippen LogP contribution >= 0.6 is 0 Å². The number of fused-ring (bicyclic) bond motifs is 1. The standard InChI is InChI=1S/C20H10N4/c1-3-6-16-13(2)19(14(9-21)10-22)17-7-4-5-8-18(17)20(16)15(11-23)12-24/h3-8H,1-2H2/b16-6+. The molecule has 2 rings (SSSR count). The lowest BCUT2D eigenvalue weighted by atomic mass is 9.97. The van der Waals surface area contributed by atoms with Gasteiger partial charge in [0.15, 0.2) is 0 Å². The van der Waals surface area contributed by atoms with Gasteiger partial charge in [-0.05, 0) is 21.2 Å². The molecule has 0 atom stereocenters. The van der Waals surface area contributed by atoms with Crippen molar-refractivity contribution in [2.45, 2.75) is 0 Å². The van der Waals surface area contributed by atoms with E-state index >= 15 is 0 Å². The van der Waals surface area contributed by atoms with Crippen molar-refractivity contribution >= 4 is 34.6 Å². The third-order valence-corrected chi connectivity index (χ3v) is 3.59. The van der Waals surface area contributed by atoms with Gasteiger partial charge in [0, 0.05) is 10.4 Å². The van der Waals surface area contributed by atoms with Gasteiger partial charge in [-0.15, -0.1) is 0 Å². The molecule has 0 aliphatic carbocycles. The maximum atomic E-state index is 9.31. The zero-order valence-corrected chi connectivity index (χ0v) is 12.7. The molecule has 4 nitrogen and oxygen atoms in total. The molecule has 0 saturated carbocycles. The number of hydrogen-bond donors (Lipinski definition) is 0. The van der Waals surface area contributed by atoms with E-state index in [2.05, 4.69) is 13.2 Å². The van der Waals surface area contributed by atoms with Gasteiger partial charge in [-0.25, -0.2) is 0 Å². The molecule has 2 aromatic rings. The first-order valence-corrected chi connectivity index (χ1v) is 6.86. The van der Waals surface area contributed by atoms with Crippen molar-refractivity contribution in [3.8, 4) is 24.3 Å². The smallest absolute Gasteiger partial charge is 0.138 e. The Morgan fingerprint density at radius 1 is 0.833 bits per heavy atom. The highest BCUT2D eigenvalue weighted by Crippen LogP contribution is 2.04. The Kier molecular flexibility index (Phi) is 4.58. The molecule has 0 spiro atoms. The van der Waals surface area contributed by atoms with Crippen molar-refractivity contribution in [3.05, 3.63) is 57.8 Å². The van der Waals surface area contributed by atoms with Crippen molar-refractivity contribution in [1.82, 2.24) is 0 Å². The molecule has 0 amide bonds. The Morgan fingerprint density at radius 3 is 1.75 bits per heavy atom. The lowest BCUT2D eigenvalue weighted by Crippen LogP contribution is -2.49. The monoisotopic (exact) mass is 306 g/mol. The topological polar surface area (TPSA) is 95.2 Å². The quantitative estimate of drug-likeness (QED) is 0.771. The average Bonchev–Trinajstić information content (AvgIpc) is 2.61. The van der Waals surface area contributed by atoms with Gasteiger partial charge < -0.3 is 0 Å². The van der Waals surface area contributed by atoms with Crippen LogP contribution in [0.1, 0.15) is 0 Å². The van der Waals surface area contributed by atoms with E-state index in [9.17, 15) is 21.0 Å². The molecule has 0 heterocycles. The molecule has 0 aliphatic heterocycles. The van der Waals surface area contributed by atoms with E-state index in [1.54, 1.807) is 30.3 Å². The van der Waals surface area contributed by atoms with E-state index in [-0.39, 0.29) is 11.1 Å². The summed E-state index contributed by atoms with van der Waals surface area (Å²) in [5, 5.41) is 40.1. The number of allylic oxidation sites excluding steroid dienone is 1. The van der Waals surface area contributed by atoms with Crippen LogP contribution in [0.15, 0.2) is 36.9 Å². The fourth-order valence-corrected chi connectivity index (χ4v) is 2.64. The Bertz CT molecular complexity index is 1240. The maximum Gasteiger partial charge on any atom is 0.138 e. The number of hydrogen-bond acceptors (Lipinski definition) is 4. The molecule has 110 valence electrons. The summed E-state index contributed by atoms with van der Waals surface area (Å²) in [6.07, 6.45) is 3.13. The Balaban J connectivity index is 3.61. The Morgan fingerprint density at radius 2 is 1.29 bits per heavy atom. The van der Waals surface area contributed by atoms with E-state index in [1.165, 1.54) is 6.08 Å². The van der Waals surface area contributed by atoms with Crippen molar-refractivity contribution in [2.75, 3.05) is 0 Å².